The zero-order chi connectivity index (χ0) is 19.1. The van der Waals surface area contributed by atoms with Crippen molar-refractivity contribution in [1.82, 2.24) is 25.3 Å². The molecule has 0 saturated carbocycles. The SMILES string of the molecule is Fc1cccc(-c2cnoc2-c2[nH]nc3ncc(-c4cccnc4)cc23)c1F. The lowest BCUT2D eigenvalue weighted by molar-refractivity contribution is 0.431. The van der Waals surface area contributed by atoms with Crippen LogP contribution in [0.25, 0.3) is 44.7 Å². The van der Waals surface area contributed by atoms with Crippen molar-refractivity contribution in [1.29, 1.82) is 0 Å². The molecule has 0 aliphatic carbocycles. The number of hydrogen-bond donors (Lipinski definition) is 1. The number of pyridine rings is 2. The zero-order valence-corrected chi connectivity index (χ0v) is 14.2. The molecule has 5 rings (SSSR count). The first kappa shape index (κ1) is 16.2. The molecule has 0 spiro atoms. The molecule has 0 fully saturated rings. The van der Waals surface area contributed by atoms with Crippen LogP contribution in [0.2, 0.25) is 0 Å². The van der Waals surface area contributed by atoms with E-state index in [1.165, 1.54) is 18.3 Å². The van der Waals surface area contributed by atoms with Crippen molar-refractivity contribution in [3.63, 3.8) is 0 Å². The summed E-state index contributed by atoms with van der Waals surface area (Å²) < 4.78 is 33.3. The van der Waals surface area contributed by atoms with Crippen LogP contribution in [-0.2, 0) is 0 Å². The first-order valence-electron chi connectivity index (χ1n) is 8.36. The molecule has 4 heterocycles. The van der Waals surface area contributed by atoms with E-state index < -0.39 is 11.6 Å². The van der Waals surface area contributed by atoms with Crippen LogP contribution in [-0.4, -0.2) is 25.3 Å². The second-order valence-electron chi connectivity index (χ2n) is 6.11. The Morgan fingerprint density at radius 1 is 0.929 bits per heavy atom. The molecule has 5 aromatic rings. The van der Waals surface area contributed by atoms with E-state index in [0.717, 1.165) is 17.2 Å². The van der Waals surface area contributed by atoms with Crippen LogP contribution < -0.4 is 0 Å². The van der Waals surface area contributed by atoms with Crippen LogP contribution >= 0.6 is 0 Å². The van der Waals surface area contributed by atoms with Gasteiger partial charge in [0, 0.05) is 35.3 Å². The summed E-state index contributed by atoms with van der Waals surface area (Å²) >= 11 is 0. The number of benzene rings is 1. The van der Waals surface area contributed by atoms with Crippen LogP contribution in [0.15, 0.2) is 65.7 Å². The van der Waals surface area contributed by atoms with Crippen molar-refractivity contribution in [2.75, 3.05) is 0 Å². The molecule has 136 valence electrons. The molecule has 0 aliphatic rings. The molecule has 6 nitrogen and oxygen atoms in total. The number of aromatic amines is 1. The number of nitrogens with zero attached hydrogens (tertiary/aromatic N) is 4. The van der Waals surface area contributed by atoms with E-state index >= 15 is 0 Å². The predicted molar refractivity (Wildman–Crippen MR) is 98.0 cm³/mol. The number of fused-ring (bicyclic) bond motifs is 1. The average Bonchev–Trinajstić information content (AvgIpc) is 3.37. The number of H-pyrrole nitrogens is 1. The third kappa shape index (κ3) is 2.54. The molecule has 4 aromatic heterocycles. The minimum Gasteiger partial charge on any atom is -0.354 e. The highest BCUT2D eigenvalue weighted by atomic mass is 19.2. The van der Waals surface area contributed by atoms with Crippen LogP contribution in [0.5, 0.6) is 0 Å². The highest BCUT2D eigenvalue weighted by Crippen LogP contribution is 2.36. The molecule has 0 aliphatic heterocycles. The maximum absolute atomic E-state index is 14.3. The predicted octanol–water partition coefficient (Wildman–Crippen LogP) is 4.62. The molecule has 0 amide bonds. The number of nitrogens with one attached hydrogen (secondary N) is 1. The largest absolute Gasteiger partial charge is 0.354 e. The maximum atomic E-state index is 14.3. The molecule has 28 heavy (non-hydrogen) atoms. The lowest BCUT2D eigenvalue weighted by Crippen LogP contribution is -1.90. The maximum Gasteiger partial charge on any atom is 0.193 e. The van der Waals surface area contributed by atoms with Crippen molar-refractivity contribution in [3.8, 4) is 33.7 Å². The highest BCUT2D eigenvalue weighted by molar-refractivity contribution is 5.95. The molecule has 1 N–H and O–H groups in total. The van der Waals surface area contributed by atoms with Gasteiger partial charge in [-0.2, -0.15) is 5.10 Å². The summed E-state index contributed by atoms with van der Waals surface area (Å²) in [6.07, 6.45) is 6.45. The second kappa shape index (κ2) is 6.34. The van der Waals surface area contributed by atoms with E-state index in [0.29, 0.717) is 22.3 Å². The van der Waals surface area contributed by atoms with Gasteiger partial charge >= 0.3 is 0 Å². The summed E-state index contributed by atoms with van der Waals surface area (Å²) in [6.45, 7) is 0. The topological polar surface area (TPSA) is 80.5 Å². The van der Waals surface area contributed by atoms with Gasteiger partial charge in [0.25, 0.3) is 0 Å². The van der Waals surface area contributed by atoms with E-state index in [1.54, 1.807) is 18.6 Å². The van der Waals surface area contributed by atoms with Gasteiger partial charge in [0.15, 0.2) is 23.0 Å². The summed E-state index contributed by atoms with van der Waals surface area (Å²) in [5.41, 5.74) is 3.03. The van der Waals surface area contributed by atoms with Crippen LogP contribution in [0, 0.1) is 11.6 Å². The van der Waals surface area contributed by atoms with E-state index in [-0.39, 0.29) is 11.3 Å². The Hall–Kier alpha value is -3.94. The van der Waals surface area contributed by atoms with Gasteiger partial charge in [-0.15, -0.1) is 0 Å². The lowest BCUT2D eigenvalue weighted by atomic mass is 10.0. The Kier molecular flexibility index (Phi) is 3.68. The van der Waals surface area contributed by atoms with E-state index in [9.17, 15) is 8.78 Å². The quantitative estimate of drug-likeness (QED) is 0.498. The smallest absolute Gasteiger partial charge is 0.193 e. The average molecular weight is 375 g/mol. The van der Waals surface area contributed by atoms with Gasteiger partial charge in [-0.3, -0.25) is 10.1 Å². The van der Waals surface area contributed by atoms with Crippen molar-refractivity contribution in [2.24, 2.45) is 0 Å². The van der Waals surface area contributed by atoms with Crippen LogP contribution in [0.1, 0.15) is 0 Å². The number of hydrogen-bond acceptors (Lipinski definition) is 5. The summed E-state index contributed by atoms with van der Waals surface area (Å²) in [5, 5.41) is 11.5. The van der Waals surface area contributed by atoms with Crippen molar-refractivity contribution in [2.45, 2.75) is 0 Å². The van der Waals surface area contributed by atoms with Gasteiger partial charge in [-0.05, 0) is 18.2 Å². The normalized spacial score (nSPS) is 11.2. The Morgan fingerprint density at radius 2 is 1.86 bits per heavy atom. The molecule has 0 unspecified atom stereocenters. The fourth-order valence-electron chi connectivity index (χ4n) is 3.09. The number of rotatable bonds is 3. The van der Waals surface area contributed by atoms with Crippen molar-refractivity contribution >= 4 is 11.0 Å². The first-order chi connectivity index (χ1) is 13.7. The van der Waals surface area contributed by atoms with E-state index in [1.807, 2.05) is 18.2 Å². The van der Waals surface area contributed by atoms with Gasteiger partial charge in [0.05, 0.1) is 17.1 Å². The summed E-state index contributed by atoms with van der Waals surface area (Å²) in [6, 6.07) is 9.58. The van der Waals surface area contributed by atoms with Gasteiger partial charge in [0.2, 0.25) is 0 Å². The Bertz CT molecular complexity index is 1300. The third-order valence-corrected chi connectivity index (χ3v) is 4.44. The molecule has 0 atom stereocenters. The van der Waals surface area contributed by atoms with Gasteiger partial charge in [0.1, 0.15) is 5.69 Å². The number of aromatic nitrogens is 5. The van der Waals surface area contributed by atoms with Gasteiger partial charge in [-0.25, -0.2) is 13.8 Å². The van der Waals surface area contributed by atoms with Crippen molar-refractivity contribution in [3.05, 3.63) is 72.8 Å². The van der Waals surface area contributed by atoms with E-state index in [4.69, 9.17) is 4.52 Å². The van der Waals surface area contributed by atoms with Crippen LogP contribution in [0.4, 0.5) is 8.78 Å². The monoisotopic (exact) mass is 375 g/mol. The molecular weight excluding hydrogens is 364 g/mol. The lowest BCUT2D eigenvalue weighted by Gasteiger charge is -2.04. The molecule has 0 radical (unpaired) electrons. The van der Waals surface area contributed by atoms with Crippen molar-refractivity contribution < 1.29 is 13.3 Å². The highest BCUT2D eigenvalue weighted by Gasteiger charge is 2.21. The molecule has 0 bridgehead atoms. The fraction of sp³-hybridized carbons (Fsp3) is 0. The minimum atomic E-state index is -0.968. The molecule has 1 aromatic carbocycles. The number of halogens is 2. The molecule has 8 heteroatoms. The van der Waals surface area contributed by atoms with Crippen LogP contribution in [0.3, 0.4) is 0 Å². The fourth-order valence-corrected chi connectivity index (χ4v) is 3.09. The second-order valence-corrected chi connectivity index (χ2v) is 6.11. The Balaban J connectivity index is 1.69. The molecular formula is C20H11F2N5O. The summed E-state index contributed by atoms with van der Waals surface area (Å²) in [7, 11) is 0. The van der Waals surface area contributed by atoms with E-state index in [2.05, 4.69) is 25.3 Å². The first-order valence-corrected chi connectivity index (χ1v) is 8.36. The third-order valence-electron chi connectivity index (χ3n) is 4.44. The standard InChI is InChI=1S/C20H11F2N5O/c21-16-5-1-4-13(17(16)22)15-10-25-28-19(15)18-14-7-12(9-24-20(14)27-26-18)11-3-2-6-23-8-11/h1-10H,(H,24,26,27). The van der Waals surface area contributed by atoms with Gasteiger partial charge < -0.3 is 4.52 Å². The Labute approximate surface area is 156 Å². The molecule has 0 saturated heterocycles. The summed E-state index contributed by atoms with van der Waals surface area (Å²) in [5.74, 6) is -1.67. The summed E-state index contributed by atoms with van der Waals surface area (Å²) in [4.78, 5) is 8.47. The minimum absolute atomic E-state index is 0.0513. The van der Waals surface area contributed by atoms with Gasteiger partial charge in [-0.1, -0.05) is 23.4 Å². The zero-order valence-electron chi connectivity index (χ0n) is 14.2. The Morgan fingerprint density at radius 3 is 2.71 bits per heavy atom.